The van der Waals surface area contributed by atoms with Gasteiger partial charge in [0.25, 0.3) is 0 Å². The summed E-state index contributed by atoms with van der Waals surface area (Å²) in [7, 11) is 0. The summed E-state index contributed by atoms with van der Waals surface area (Å²) in [6.07, 6.45) is 1.88. The quantitative estimate of drug-likeness (QED) is 0.154. The smallest absolute Gasteiger partial charge is 0.148 e. The summed E-state index contributed by atoms with van der Waals surface area (Å²) in [6, 6.07) is 70.1. The van der Waals surface area contributed by atoms with Gasteiger partial charge in [0.05, 0.1) is 27.7 Å². The van der Waals surface area contributed by atoms with E-state index in [1.54, 1.807) is 6.07 Å². The summed E-state index contributed by atoms with van der Waals surface area (Å²) in [6.45, 7) is 4.54. The average molecular weight is 994 g/mol. The zero-order chi connectivity index (χ0) is 41.8. The number of imidazole rings is 1. The van der Waals surface area contributed by atoms with Gasteiger partial charge in [-0.2, -0.15) is 0 Å². The monoisotopic (exact) mass is 993 g/mol. The first-order valence-electron chi connectivity index (χ1n) is 20.9. The van der Waals surface area contributed by atoms with Gasteiger partial charge in [0, 0.05) is 49.3 Å². The van der Waals surface area contributed by atoms with Crippen LogP contribution in [0.2, 0.25) is 0 Å². The van der Waals surface area contributed by atoms with Crippen molar-refractivity contribution in [1.29, 1.82) is 0 Å². The predicted molar refractivity (Wildman–Crippen MR) is 252 cm³/mol. The molecule has 0 radical (unpaired) electrons. The molecule has 0 saturated heterocycles. The Morgan fingerprint density at radius 3 is 2.02 bits per heavy atom. The van der Waals surface area contributed by atoms with E-state index in [2.05, 4.69) is 152 Å². The molecule has 11 rings (SSSR count). The van der Waals surface area contributed by atoms with Gasteiger partial charge in [-0.05, 0) is 64.7 Å². The van der Waals surface area contributed by atoms with Crippen LogP contribution in [0.4, 0.5) is 0 Å². The molecule has 11 aromatic rings. The Bertz CT molecular complexity index is 3450. The van der Waals surface area contributed by atoms with Crippen LogP contribution < -0.4 is 0 Å². The fraction of sp³-hybridized carbons (Fsp3) is 0.0526. The zero-order valence-electron chi connectivity index (χ0n) is 34.6. The van der Waals surface area contributed by atoms with Crippen molar-refractivity contribution in [1.82, 2.24) is 14.5 Å². The maximum atomic E-state index is 11.5. The van der Waals surface area contributed by atoms with Crippen molar-refractivity contribution in [3.05, 3.63) is 218 Å². The molecule has 0 bridgehead atoms. The molecule has 63 heavy (non-hydrogen) atoms. The predicted octanol–water partition coefficient (Wildman–Crippen LogP) is 14.5. The molecule has 3 aromatic heterocycles. The van der Waals surface area contributed by atoms with Gasteiger partial charge in [-0.25, -0.2) is 4.98 Å². The first kappa shape index (κ1) is 39.8. The van der Waals surface area contributed by atoms with E-state index >= 15 is 0 Å². The molecule has 0 amide bonds. The van der Waals surface area contributed by atoms with Crippen molar-refractivity contribution >= 4 is 33.0 Å². The maximum absolute atomic E-state index is 11.5. The largest absolute Gasteiger partial charge is 0.507 e. The Hall–Kier alpha value is -7.33. The Morgan fingerprint density at radius 2 is 1.24 bits per heavy atom. The van der Waals surface area contributed by atoms with Crippen LogP contribution in [0.15, 0.2) is 205 Å². The van der Waals surface area contributed by atoms with Crippen LogP contribution >= 0.6 is 0 Å². The molecular formula is C57H40N3O2Pt-. The average Bonchev–Trinajstić information content (AvgIpc) is 3.92. The van der Waals surface area contributed by atoms with E-state index in [0.717, 1.165) is 88.9 Å². The van der Waals surface area contributed by atoms with Crippen LogP contribution in [0.3, 0.4) is 0 Å². The van der Waals surface area contributed by atoms with Gasteiger partial charge in [0.15, 0.2) is 0 Å². The van der Waals surface area contributed by atoms with E-state index in [1.165, 1.54) is 5.56 Å². The number of phenols is 1. The van der Waals surface area contributed by atoms with Crippen LogP contribution in [0.25, 0.3) is 94.7 Å². The summed E-state index contributed by atoms with van der Waals surface area (Å²) in [5.74, 6) is 0.757. The van der Waals surface area contributed by atoms with E-state index in [4.69, 9.17) is 14.4 Å². The maximum Gasteiger partial charge on any atom is 0.148 e. The van der Waals surface area contributed by atoms with Crippen LogP contribution in [-0.4, -0.2) is 19.6 Å². The van der Waals surface area contributed by atoms with Gasteiger partial charge < -0.3 is 9.52 Å². The third-order valence-electron chi connectivity index (χ3n) is 12.2. The number of hydrogen-bond donors (Lipinski definition) is 1. The minimum absolute atomic E-state index is 0. The number of fused-ring (bicyclic) bond motifs is 4. The van der Waals surface area contributed by atoms with Crippen LogP contribution in [-0.2, 0) is 26.5 Å². The van der Waals surface area contributed by atoms with Crippen molar-refractivity contribution < 1.29 is 30.6 Å². The number of benzene rings is 8. The number of phenolic OH excluding ortho intramolecular Hbond substituents is 1. The van der Waals surface area contributed by atoms with Crippen LogP contribution in [0.5, 0.6) is 5.75 Å². The van der Waals surface area contributed by atoms with E-state index in [-0.39, 0.29) is 32.2 Å². The molecular weight excluding hydrogens is 954 g/mol. The van der Waals surface area contributed by atoms with Gasteiger partial charge in [-0.3, -0.25) is 9.55 Å². The SMILES string of the molecule is CC(C)(c1ccccc1)c1cc(-c2cc(-c3ccccc3)ccn2)[c-]c(-c2cccc3c2nc(-c2ccccc2O)n3-c2ccc(-c3ccccc3)c3oc4ccccc4c23)c1.[Pt]. The summed E-state index contributed by atoms with van der Waals surface area (Å²) in [4.78, 5) is 10.4. The Balaban J connectivity index is 0.00000471. The third-order valence-corrected chi connectivity index (χ3v) is 12.2. The topological polar surface area (TPSA) is 64.1 Å². The second-order valence-corrected chi connectivity index (χ2v) is 16.2. The number of pyridine rings is 1. The number of rotatable bonds is 8. The van der Waals surface area contributed by atoms with Crippen molar-refractivity contribution in [2.24, 2.45) is 0 Å². The zero-order valence-corrected chi connectivity index (χ0v) is 36.8. The Morgan fingerprint density at radius 1 is 0.571 bits per heavy atom. The van der Waals surface area contributed by atoms with Crippen LogP contribution in [0, 0.1) is 6.07 Å². The number of nitrogens with zero attached hydrogens (tertiary/aromatic N) is 3. The first-order valence-corrected chi connectivity index (χ1v) is 20.9. The molecule has 0 spiro atoms. The molecule has 5 nitrogen and oxygen atoms in total. The standard InChI is InChI=1S/C57H40N3O2.Pt/c1-57(2,42-21-10-5-11-22-42)43-34-40(33-41(35-43)48-36-39(31-32-58-48)37-17-6-3-7-18-37)44-25-16-26-50-54(44)59-56(46-23-12-14-27-51(46)61)60(50)49-30-29-45(38-19-8-4-9-20-38)55-53(49)47-24-13-15-28-52(47)62-55;/h3-32,34-36,61H,1-2H3;/q-1;. The van der Waals surface area contributed by atoms with Gasteiger partial charge >= 0.3 is 0 Å². The Labute approximate surface area is 380 Å². The molecule has 0 saturated carbocycles. The normalized spacial score (nSPS) is 11.6. The van der Waals surface area contributed by atoms with Crippen molar-refractivity contribution in [2.45, 2.75) is 19.3 Å². The number of aromatic hydroxyl groups is 1. The van der Waals surface area contributed by atoms with Gasteiger partial charge in [0.1, 0.15) is 22.7 Å². The van der Waals surface area contributed by atoms with Gasteiger partial charge in [0.2, 0.25) is 0 Å². The molecule has 306 valence electrons. The molecule has 1 N–H and O–H groups in total. The fourth-order valence-corrected chi connectivity index (χ4v) is 8.87. The van der Waals surface area contributed by atoms with E-state index in [0.29, 0.717) is 11.4 Å². The van der Waals surface area contributed by atoms with Gasteiger partial charge in [-0.1, -0.05) is 165 Å². The molecule has 3 heterocycles. The van der Waals surface area contributed by atoms with Crippen molar-refractivity contribution in [3.63, 3.8) is 0 Å². The summed E-state index contributed by atoms with van der Waals surface area (Å²) in [5.41, 5.74) is 14.5. The molecule has 6 heteroatoms. The van der Waals surface area contributed by atoms with Crippen molar-refractivity contribution in [2.75, 3.05) is 0 Å². The number of para-hydroxylation sites is 3. The van der Waals surface area contributed by atoms with E-state index < -0.39 is 0 Å². The van der Waals surface area contributed by atoms with Crippen molar-refractivity contribution in [3.8, 4) is 67.5 Å². The summed E-state index contributed by atoms with van der Waals surface area (Å²) in [5, 5.41) is 13.5. The van der Waals surface area contributed by atoms with E-state index in [1.807, 2.05) is 66.9 Å². The molecule has 0 unspecified atom stereocenters. The minimum atomic E-state index is -0.362. The molecule has 0 aliphatic carbocycles. The molecule has 0 aliphatic rings. The second kappa shape index (κ2) is 16.2. The molecule has 0 aliphatic heterocycles. The number of hydrogen-bond acceptors (Lipinski definition) is 4. The molecule has 8 aromatic carbocycles. The summed E-state index contributed by atoms with van der Waals surface area (Å²) < 4.78 is 8.91. The first-order chi connectivity index (χ1) is 30.4. The van der Waals surface area contributed by atoms with Crippen LogP contribution in [0.1, 0.15) is 25.0 Å². The van der Waals surface area contributed by atoms with Gasteiger partial charge in [-0.15, -0.1) is 29.3 Å². The fourth-order valence-electron chi connectivity index (χ4n) is 8.87. The number of aromatic nitrogens is 3. The minimum Gasteiger partial charge on any atom is -0.507 e. The molecule has 0 atom stereocenters. The Kier molecular flexibility index (Phi) is 10.2. The van der Waals surface area contributed by atoms with E-state index in [9.17, 15) is 5.11 Å². The molecule has 0 fully saturated rings. The third kappa shape index (κ3) is 6.95. The number of furan rings is 1. The summed E-state index contributed by atoms with van der Waals surface area (Å²) >= 11 is 0. The second-order valence-electron chi connectivity index (χ2n) is 16.2.